The van der Waals surface area contributed by atoms with Crippen molar-refractivity contribution in [3.05, 3.63) is 72.3 Å². The van der Waals surface area contributed by atoms with E-state index in [-0.39, 0.29) is 5.82 Å². The van der Waals surface area contributed by atoms with Gasteiger partial charge in [-0.05, 0) is 48.2 Å². The van der Waals surface area contributed by atoms with Crippen molar-refractivity contribution in [2.45, 2.75) is 19.8 Å². The second kappa shape index (κ2) is 6.81. The second-order valence-electron chi connectivity index (χ2n) is 7.14. The van der Waals surface area contributed by atoms with Crippen LogP contribution in [0.15, 0.2) is 60.8 Å². The van der Waals surface area contributed by atoms with Crippen LogP contribution in [0.3, 0.4) is 0 Å². The molecule has 0 saturated heterocycles. The molecule has 0 bridgehead atoms. The van der Waals surface area contributed by atoms with Crippen LogP contribution < -0.4 is 0 Å². The Morgan fingerprint density at radius 2 is 1.76 bits per heavy atom. The summed E-state index contributed by atoms with van der Waals surface area (Å²) in [5.74, 6) is 1.06. The average Bonchev–Trinajstić information content (AvgIpc) is 3.30. The zero-order valence-corrected chi connectivity index (χ0v) is 16.3. The molecule has 5 aromatic rings. The topological polar surface area (TPSA) is 48.5 Å². The number of halogens is 1. The molecular formula is C23H20FN5. The van der Waals surface area contributed by atoms with Crippen LogP contribution in [0.25, 0.3) is 39.1 Å². The summed E-state index contributed by atoms with van der Waals surface area (Å²) in [4.78, 5) is 9.73. The van der Waals surface area contributed by atoms with Crippen LogP contribution in [0, 0.1) is 5.82 Å². The van der Waals surface area contributed by atoms with Crippen molar-refractivity contribution in [3.8, 4) is 17.2 Å². The normalized spacial score (nSPS) is 11.6. The monoisotopic (exact) mass is 385 g/mol. The number of rotatable bonds is 4. The molecule has 0 radical (unpaired) electrons. The zero-order valence-electron chi connectivity index (χ0n) is 16.3. The summed E-state index contributed by atoms with van der Waals surface area (Å²) in [6, 6.07) is 16.6. The Balaban J connectivity index is 1.84. The molecule has 3 aromatic heterocycles. The predicted octanol–water partition coefficient (Wildman–Crippen LogP) is 5.07. The molecule has 0 aliphatic carbocycles. The van der Waals surface area contributed by atoms with Crippen molar-refractivity contribution in [1.29, 1.82) is 0 Å². The van der Waals surface area contributed by atoms with Crippen molar-refractivity contribution in [2.75, 3.05) is 0 Å². The van der Waals surface area contributed by atoms with Gasteiger partial charge in [-0.25, -0.2) is 14.4 Å². The molecule has 0 saturated carbocycles. The summed E-state index contributed by atoms with van der Waals surface area (Å²) >= 11 is 0. The van der Waals surface area contributed by atoms with Crippen molar-refractivity contribution in [2.24, 2.45) is 7.05 Å². The van der Waals surface area contributed by atoms with Gasteiger partial charge in [-0.2, -0.15) is 5.10 Å². The largest absolute Gasteiger partial charge is 0.299 e. The number of nitrogens with zero attached hydrogens (tertiary/aromatic N) is 5. The highest BCUT2D eigenvalue weighted by Gasteiger charge is 2.19. The second-order valence-corrected chi connectivity index (χ2v) is 7.14. The first-order chi connectivity index (χ1) is 14.2. The van der Waals surface area contributed by atoms with Crippen LogP contribution in [0.4, 0.5) is 4.39 Å². The lowest BCUT2D eigenvalue weighted by Crippen LogP contribution is -2.04. The molecule has 29 heavy (non-hydrogen) atoms. The maximum absolute atomic E-state index is 13.4. The van der Waals surface area contributed by atoms with Gasteiger partial charge >= 0.3 is 0 Å². The van der Waals surface area contributed by atoms with Crippen molar-refractivity contribution >= 4 is 21.9 Å². The van der Waals surface area contributed by atoms with E-state index in [2.05, 4.69) is 29.7 Å². The first kappa shape index (κ1) is 17.6. The highest BCUT2D eigenvalue weighted by Crippen LogP contribution is 2.29. The van der Waals surface area contributed by atoms with Crippen molar-refractivity contribution in [1.82, 2.24) is 24.3 Å². The third-order valence-electron chi connectivity index (χ3n) is 5.15. The Hall–Kier alpha value is -3.54. The molecule has 0 spiro atoms. The molecule has 0 aliphatic heterocycles. The van der Waals surface area contributed by atoms with E-state index in [9.17, 15) is 4.39 Å². The molecule has 0 amide bonds. The minimum atomic E-state index is -0.278. The smallest absolute Gasteiger partial charge is 0.167 e. The molecular weight excluding hydrogens is 365 g/mol. The summed E-state index contributed by atoms with van der Waals surface area (Å²) in [5.41, 5.74) is 4.53. The molecule has 0 fully saturated rings. The van der Waals surface area contributed by atoms with Crippen LogP contribution in [-0.2, 0) is 13.5 Å². The Labute approximate surface area is 167 Å². The summed E-state index contributed by atoms with van der Waals surface area (Å²) in [7, 11) is 1.93. The lowest BCUT2D eigenvalue weighted by atomic mass is 10.2. The van der Waals surface area contributed by atoms with E-state index in [4.69, 9.17) is 15.1 Å². The van der Waals surface area contributed by atoms with Crippen molar-refractivity contribution < 1.29 is 4.39 Å². The Morgan fingerprint density at radius 1 is 0.966 bits per heavy atom. The summed E-state index contributed by atoms with van der Waals surface area (Å²) < 4.78 is 17.4. The fraction of sp³-hybridized carbons (Fsp3) is 0.174. The van der Waals surface area contributed by atoms with E-state index in [0.29, 0.717) is 5.82 Å². The predicted molar refractivity (Wildman–Crippen MR) is 113 cm³/mol. The van der Waals surface area contributed by atoms with E-state index in [1.165, 1.54) is 12.1 Å². The van der Waals surface area contributed by atoms with Gasteiger partial charge in [0.25, 0.3) is 0 Å². The summed E-state index contributed by atoms with van der Waals surface area (Å²) in [5, 5.41) is 5.86. The van der Waals surface area contributed by atoms with Gasteiger partial charge in [0.1, 0.15) is 16.9 Å². The lowest BCUT2D eigenvalue weighted by Gasteiger charge is -2.10. The van der Waals surface area contributed by atoms with Gasteiger partial charge in [0.05, 0.1) is 11.2 Å². The van der Waals surface area contributed by atoms with Crippen LogP contribution in [0.2, 0.25) is 0 Å². The molecule has 5 rings (SSSR count). The van der Waals surface area contributed by atoms with Gasteiger partial charge in [-0.15, -0.1) is 0 Å². The van der Waals surface area contributed by atoms with Gasteiger partial charge in [0, 0.05) is 18.8 Å². The maximum atomic E-state index is 13.4. The third-order valence-corrected chi connectivity index (χ3v) is 5.15. The van der Waals surface area contributed by atoms with Gasteiger partial charge < -0.3 is 0 Å². The Bertz CT molecular complexity index is 1330. The van der Waals surface area contributed by atoms with Crippen LogP contribution in [0.5, 0.6) is 0 Å². The third kappa shape index (κ3) is 2.88. The van der Waals surface area contributed by atoms with E-state index in [0.717, 1.165) is 51.9 Å². The fourth-order valence-electron chi connectivity index (χ4n) is 3.79. The van der Waals surface area contributed by atoms with E-state index in [1.807, 2.05) is 30.1 Å². The first-order valence-electron chi connectivity index (χ1n) is 9.71. The Kier molecular flexibility index (Phi) is 4.12. The number of para-hydroxylation sites is 1. The molecule has 6 heteroatoms. The minimum absolute atomic E-state index is 0.278. The molecule has 0 N–H and O–H groups in total. The number of fused-ring (bicyclic) bond motifs is 2. The van der Waals surface area contributed by atoms with Gasteiger partial charge in [-0.3, -0.25) is 9.25 Å². The zero-order chi connectivity index (χ0) is 20.0. The molecule has 2 aromatic carbocycles. The van der Waals surface area contributed by atoms with Crippen LogP contribution in [0.1, 0.15) is 19.0 Å². The lowest BCUT2D eigenvalue weighted by molar-refractivity contribution is 0.628. The van der Waals surface area contributed by atoms with Crippen LogP contribution >= 0.6 is 0 Å². The molecule has 0 aliphatic rings. The molecule has 5 nitrogen and oxygen atoms in total. The quantitative estimate of drug-likeness (QED) is 0.434. The number of hydrogen-bond donors (Lipinski definition) is 0. The molecule has 144 valence electrons. The standard InChI is InChI=1S/C23H20FN5/c1-3-6-18-20-21(28(2)27-18)23(29-14-13-15-7-4-5-8-19(15)29)26-22(25-20)16-9-11-17(24)12-10-16/h4-5,7-14H,3,6H2,1-2H3. The van der Waals surface area contributed by atoms with E-state index < -0.39 is 0 Å². The van der Waals surface area contributed by atoms with Crippen LogP contribution in [-0.4, -0.2) is 24.3 Å². The summed E-state index contributed by atoms with van der Waals surface area (Å²) in [6.07, 6.45) is 3.83. The van der Waals surface area contributed by atoms with Gasteiger partial charge in [0.15, 0.2) is 11.6 Å². The number of aryl methyl sites for hydroxylation is 2. The molecule has 0 unspecified atom stereocenters. The number of hydrogen-bond acceptors (Lipinski definition) is 3. The number of aromatic nitrogens is 5. The molecule has 3 heterocycles. The SMILES string of the molecule is CCCc1nn(C)c2c(-n3ccc4ccccc43)nc(-c3ccc(F)cc3)nc12. The maximum Gasteiger partial charge on any atom is 0.167 e. The van der Waals surface area contributed by atoms with Crippen molar-refractivity contribution in [3.63, 3.8) is 0 Å². The molecule has 0 atom stereocenters. The Morgan fingerprint density at radius 3 is 2.55 bits per heavy atom. The average molecular weight is 385 g/mol. The summed E-state index contributed by atoms with van der Waals surface area (Å²) in [6.45, 7) is 2.13. The first-order valence-corrected chi connectivity index (χ1v) is 9.71. The highest BCUT2D eigenvalue weighted by molar-refractivity contribution is 5.90. The fourth-order valence-corrected chi connectivity index (χ4v) is 3.79. The minimum Gasteiger partial charge on any atom is -0.299 e. The highest BCUT2D eigenvalue weighted by atomic mass is 19.1. The van der Waals surface area contributed by atoms with Gasteiger partial charge in [0.2, 0.25) is 0 Å². The van der Waals surface area contributed by atoms with E-state index in [1.54, 1.807) is 12.1 Å². The number of benzene rings is 2. The van der Waals surface area contributed by atoms with Gasteiger partial charge in [-0.1, -0.05) is 31.5 Å². The van der Waals surface area contributed by atoms with E-state index >= 15 is 0 Å².